The third-order valence-corrected chi connectivity index (χ3v) is 8.97. The van der Waals surface area contributed by atoms with E-state index in [1.807, 2.05) is 24.3 Å². The number of aromatic nitrogens is 6. The molecule has 1 amide bonds. The molecule has 0 bridgehead atoms. The predicted molar refractivity (Wildman–Crippen MR) is 246 cm³/mol. The molecule has 0 radical (unpaired) electrons. The molecule has 5 rings (SSSR count). The summed E-state index contributed by atoms with van der Waals surface area (Å²) in [4.78, 5) is 83.5. The fourth-order valence-corrected chi connectivity index (χ4v) is 6.06. The van der Waals surface area contributed by atoms with Crippen LogP contribution in [0.1, 0.15) is 57.9 Å². The summed E-state index contributed by atoms with van der Waals surface area (Å²) in [7, 11) is 3.29. The maximum Gasteiger partial charge on any atom is 0.415 e. The van der Waals surface area contributed by atoms with Gasteiger partial charge in [0.05, 0.1) is 63.9 Å². The zero-order valence-electron chi connectivity index (χ0n) is 35.6. The minimum Gasteiger partial charge on any atom is -0.466 e. The lowest BCUT2D eigenvalue weighted by Crippen LogP contribution is -2.34. The van der Waals surface area contributed by atoms with Crippen molar-refractivity contribution in [2.45, 2.75) is 61.6 Å². The Balaban J connectivity index is 0.000000438. The number of carbonyl (C=O) groups excluding carboxylic acids is 3. The second-order valence-corrected chi connectivity index (χ2v) is 13.6. The third-order valence-electron chi connectivity index (χ3n) is 8.97. The Hall–Kier alpha value is -7.40. The minimum absolute atomic E-state index is 0. The minimum atomic E-state index is -0.879. The number of ether oxygens (including phenoxy) is 3. The molecule has 0 unspecified atom stereocenters. The van der Waals surface area contributed by atoms with E-state index in [4.69, 9.17) is 30.8 Å². The number of amides is 1. The van der Waals surface area contributed by atoms with Crippen molar-refractivity contribution in [1.29, 1.82) is 0 Å². The molecule has 0 aliphatic heterocycles. The number of hydrogen-bond acceptors (Lipinski definition) is 19. The van der Waals surface area contributed by atoms with E-state index in [0.717, 1.165) is 16.0 Å². The predicted octanol–water partition coefficient (Wildman–Crippen LogP) is 3.22. The first-order valence-corrected chi connectivity index (χ1v) is 19.8. The highest BCUT2D eigenvalue weighted by atomic mass is 16.6. The van der Waals surface area contributed by atoms with Gasteiger partial charge in [-0.15, -0.1) is 0 Å². The summed E-state index contributed by atoms with van der Waals surface area (Å²) in [5.74, 6) is -1.05. The van der Waals surface area contributed by atoms with Gasteiger partial charge in [0.25, 0.3) is 0 Å². The number of nitrogen functional groups attached to an aromatic ring is 2. The van der Waals surface area contributed by atoms with Crippen LogP contribution in [-0.4, -0.2) is 123 Å². The van der Waals surface area contributed by atoms with Gasteiger partial charge in [0.15, 0.2) is 11.5 Å². The normalized spacial score (nSPS) is 10.4. The number of esters is 2. The molecule has 3 aromatic heterocycles. The van der Waals surface area contributed by atoms with Gasteiger partial charge in [-0.05, 0) is 43.0 Å². The number of fused-ring (bicyclic) bond motifs is 1. The van der Waals surface area contributed by atoms with Crippen LogP contribution >= 0.6 is 0 Å². The largest absolute Gasteiger partial charge is 0.466 e. The first-order chi connectivity index (χ1) is 30.1. The average Bonchev–Trinajstić information content (AvgIpc) is 3.54. The van der Waals surface area contributed by atoms with E-state index in [1.54, 1.807) is 64.0 Å². The summed E-state index contributed by atoms with van der Waals surface area (Å²) < 4.78 is 16.5. The van der Waals surface area contributed by atoms with Crippen molar-refractivity contribution in [3.05, 3.63) is 91.4 Å². The molecule has 65 heavy (non-hydrogen) atoms. The lowest BCUT2D eigenvalue weighted by atomic mass is 10.1. The van der Waals surface area contributed by atoms with Gasteiger partial charge in [0.2, 0.25) is 23.5 Å². The molecule has 23 heteroatoms. The summed E-state index contributed by atoms with van der Waals surface area (Å²) in [5.41, 5.74) is 14.4. The number of nitrogens with one attached hydrogen (secondary N) is 1. The van der Waals surface area contributed by atoms with Gasteiger partial charge in [-0.25, -0.2) is 9.59 Å². The molecule has 23 nitrogen and oxygen atoms in total. The van der Waals surface area contributed by atoms with Crippen molar-refractivity contribution < 1.29 is 43.7 Å². The van der Waals surface area contributed by atoms with Gasteiger partial charge < -0.3 is 50.7 Å². The number of nitrogens with two attached hydrogens (primary N) is 2. The summed E-state index contributed by atoms with van der Waals surface area (Å²) in [6.07, 6.45) is -0.691. The maximum absolute atomic E-state index is 12.8. The molecule has 7 N–H and O–H groups in total. The Morgan fingerprint density at radius 3 is 1.78 bits per heavy atom. The molecule has 0 saturated heterocycles. The monoisotopic (exact) mass is 908 g/mol. The lowest BCUT2D eigenvalue weighted by molar-refractivity contribution is -0.383. The smallest absolute Gasteiger partial charge is 0.415 e. The molecule has 0 aliphatic carbocycles. The van der Waals surface area contributed by atoms with E-state index in [-0.39, 0.29) is 103 Å². The molecule has 0 spiro atoms. The Morgan fingerprint density at radius 1 is 0.769 bits per heavy atom. The molecular formula is C42H60N12O11. The molecular weight excluding hydrogens is 849 g/mol. The zero-order valence-corrected chi connectivity index (χ0v) is 35.6. The van der Waals surface area contributed by atoms with Crippen molar-refractivity contribution in [1.82, 2.24) is 29.5 Å². The molecule has 354 valence electrons. The van der Waals surface area contributed by atoms with Crippen LogP contribution in [-0.2, 0) is 49.7 Å². The summed E-state index contributed by atoms with van der Waals surface area (Å²) in [6, 6.07) is 14.2. The molecule has 0 fully saturated rings. The van der Waals surface area contributed by atoms with E-state index in [1.165, 1.54) is 9.47 Å². The highest BCUT2D eigenvalue weighted by molar-refractivity contribution is 5.91. The van der Waals surface area contributed by atoms with Crippen molar-refractivity contribution >= 4 is 64.2 Å². The first-order valence-electron chi connectivity index (χ1n) is 19.8. The third kappa shape index (κ3) is 14.6. The van der Waals surface area contributed by atoms with Gasteiger partial charge in [-0.1, -0.05) is 63.4 Å². The lowest BCUT2D eigenvalue weighted by Gasteiger charge is -2.23. The number of rotatable bonds is 19. The van der Waals surface area contributed by atoms with E-state index in [9.17, 15) is 34.4 Å². The number of aliphatic hydroxyl groups excluding tert-OH is 2. The van der Waals surface area contributed by atoms with Gasteiger partial charge in [-0.3, -0.25) is 29.2 Å². The second-order valence-electron chi connectivity index (χ2n) is 13.6. The van der Waals surface area contributed by atoms with E-state index in [2.05, 4.69) is 24.9 Å². The van der Waals surface area contributed by atoms with Crippen molar-refractivity contribution in [3.8, 4) is 0 Å². The second kappa shape index (κ2) is 25.6. The van der Waals surface area contributed by atoms with Crippen LogP contribution in [0.3, 0.4) is 0 Å². The van der Waals surface area contributed by atoms with Crippen LogP contribution in [0.2, 0.25) is 0 Å². The number of hydrogen-bond donors (Lipinski definition) is 5. The van der Waals surface area contributed by atoms with Crippen LogP contribution in [0.4, 0.5) is 39.8 Å². The molecule has 3 heterocycles. The molecule has 0 saturated carbocycles. The van der Waals surface area contributed by atoms with Crippen LogP contribution in [0, 0.1) is 10.1 Å². The van der Waals surface area contributed by atoms with Crippen LogP contribution in [0.25, 0.3) is 11.2 Å². The van der Waals surface area contributed by atoms with E-state index < -0.39 is 28.5 Å². The van der Waals surface area contributed by atoms with Crippen molar-refractivity contribution in [2.24, 2.45) is 0 Å². The van der Waals surface area contributed by atoms with Crippen molar-refractivity contribution in [3.63, 3.8) is 0 Å². The first kappa shape index (κ1) is 53.7. The molecule has 5 aromatic rings. The van der Waals surface area contributed by atoms with Crippen molar-refractivity contribution in [2.75, 3.05) is 86.4 Å². The standard InChI is InChI=1S/C21H28N6O7.C19H24N6O4.2CH4/c1-4-33-16(29)12-14-7-6-8-15(11-14)13-26(21(30)34-5-2)19-17(27(31)32)18(22)23-20(24-19)25(3)9-10-28;1-3-29-14(27)10-12-5-4-6-13(9-12)11-25-17-15(21-19(25)28)16(20)22-18(23-17)24(2)7-8-26;;/h6-8,11,28H,4-5,9-10,12-13H2,1-3H3,(H2,22,23,24);4-6,9,26H,3,7-8,10-11H2,1-2H3,(H,21,28)(H2,20,22,23);2*1H4. The topological polar surface area (TPSA) is 314 Å². The van der Waals surface area contributed by atoms with Gasteiger partial charge in [0, 0.05) is 27.2 Å². The van der Waals surface area contributed by atoms with Crippen LogP contribution in [0.15, 0.2) is 53.3 Å². The quantitative estimate of drug-likeness (QED) is 0.0344. The number of anilines is 5. The summed E-state index contributed by atoms with van der Waals surface area (Å²) >= 11 is 0. The highest BCUT2D eigenvalue weighted by Crippen LogP contribution is 2.34. The molecule has 2 aromatic carbocycles. The maximum atomic E-state index is 12.8. The average molecular weight is 909 g/mol. The van der Waals surface area contributed by atoms with Gasteiger partial charge in [-0.2, -0.15) is 19.9 Å². The zero-order chi connectivity index (χ0) is 46.2. The Kier molecular flexibility index (Phi) is 21.2. The SMILES string of the molecule is C.C.CCOC(=O)Cc1cccc(CN(C(=O)OCC)c2nc(N(C)CCO)nc(N)c2[N+](=O)[O-])c1.CCOC(=O)Cc1cccc(Cn2c(=O)[nH]c3c(N)nc(N(C)CCO)nc32)c1. The van der Waals surface area contributed by atoms with Gasteiger partial charge >= 0.3 is 29.4 Å². The summed E-state index contributed by atoms with van der Waals surface area (Å²) in [5, 5.41) is 30.1. The number of benzene rings is 2. The fraction of sp³-hybridized carbons (Fsp3) is 0.429. The fourth-order valence-electron chi connectivity index (χ4n) is 6.06. The Morgan fingerprint density at radius 2 is 1.26 bits per heavy atom. The Bertz CT molecular complexity index is 2440. The number of nitro groups is 1. The molecule has 0 atom stereocenters. The number of carbonyl (C=O) groups is 3. The molecule has 0 aliphatic rings. The number of H-pyrrole nitrogens is 1. The Labute approximate surface area is 376 Å². The van der Waals surface area contributed by atoms with Gasteiger partial charge in [0.1, 0.15) is 5.52 Å². The number of imidazole rings is 1. The number of nitrogens with zero attached hydrogens (tertiary/aromatic N) is 9. The number of likely N-dealkylation sites (N-methyl/N-ethyl adjacent to an activating group) is 2. The van der Waals surface area contributed by atoms with E-state index >= 15 is 0 Å². The number of aliphatic hydroxyl groups is 2. The van der Waals surface area contributed by atoms with Crippen LogP contribution in [0.5, 0.6) is 0 Å². The van der Waals surface area contributed by atoms with E-state index in [0.29, 0.717) is 41.4 Å². The highest BCUT2D eigenvalue weighted by Gasteiger charge is 2.32. The number of aromatic amines is 1. The van der Waals surface area contributed by atoms with Crippen LogP contribution < -0.4 is 31.9 Å². The summed E-state index contributed by atoms with van der Waals surface area (Å²) in [6.45, 7) is 5.93.